The second-order valence-corrected chi connectivity index (χ2v) is 6.97. The predicted octanol–water partition coefficient (Wildman–Crippen LogP) is 5.35. The Morgan fingerprint density at radius 1 is 1.09 bits per heavy atom. The molecular formula is C22H18ClF3N2O4. The molecule has 0 atom stereocenters. The Hall–Kier alpha value is -3.46. The number of alkyl halides is 3. The number of nitrogens with one attached hydrogen (secondary N) is 1. The van der Waals surface area contributed by atoms with E-state index in [1.807, 2.05) is 6.92 Å². The van der Waals surface area contributed by atoms with Crippen molar-refractivity contribution in [1.29, 1.82) is 0 Å². The lowest BCUT2D eigenvalue weighted by Crippen LogP contribution is -2.29. The van der Waals surface area contributed by atoms with E-state index >= 15 is 0 Å². The van der Waals surface area contributed by atoms with Gasteiger partial charge in [0, 0.05) is 6.20 Å². The number of pyridine rings is 1. The third-order valence-electron chi connectivity index (χ3n) is 4.21. The van der Waals surface area contributed by atoms with E-state index in [1.165, 1.54) is 0 Å². The molecule has 0 saturated heterocycles. The fraction of sp³-hybridized carbons (Fsp3) is 0.182. The van der Waals surface area contributed by atoms with Crippen molar-refractivity contribution in [3.05, 3.63) is 81.7 Å². The van der Waals surface area contributed by atoms with Crippen LogP contribution in [0.3, 0.4) is 0 Å². The van der Waals surface area contributed by atoms with Gasteiger partial charge in [-0.05, 0) is 49.4 Å². The molecule has 0 unspecified atom stereocenters. The summed E-state index contributed by atoms with van der Waals surface area (Å²) in [5, 5.41) is 1.91. The Balaban J connectivity index is 1.77. The van der Waals surface area contributed by atoms with Crippen molar-refractivity contribution in [2.75, 3.05) is 11.9 Å². The second-order valence-electron chi connectivity index (χ2n) is 6.56. The Bertz CT molecular complexity index is 1160. The van der Waals surface area contributed by atoms with Crippen LogP contribution >= 0.6 is 11.6 Å². The molecule has 168 valence electrons. The minimum Gasteiger partial charge on any atom is -0.494 e. The molecule has 1 amide bonds. The van der Waals surface area contributed by atoms with Crippen LogP contribution in [0, 0.1) is 0 Å². The number of benzene rings is 2. The molecule has 6 nitrogen and oxygen atoms in total. The van der Waals surface area contributed by atoms with Gasteiger partial charge in [-0.3, -0.25) is 9.59 Å². The largest absolute Gasteiger partial charge is 0.494 e. The molecule has 1 aromatic heterocycles. The SMILES string of the molecule is CCOc1ccc(Oc2ccccc2NC(=O)Cn2cc(C(F)(F)F)cc(Cl)c2=O)cc1. The minimum absolute atomic E-state index is 0.275. The van der Waals surface area contributed by atoms with Gasteiger partial charge in [0.05, 0.1) is 17.9 Å². The standard InChI is InChI=1S/C22H18ClF3N2O4/c1-2-31-15-7-9-16(10-8-15)32-19-6-4-3-5-18(19)27-20(29)13-28-12-14(22(24,25)26)11-17(23)21(28)30/h3-12H,2,13H2,1H3,(H,27,29). The van der Waals surface area contributed by atoms with Crippen LogP contribution < -0.4 is 20.3 Å². The third kappa shape index (κ3) is 5.82. The first-order valence-electron chi connectivity index (χ1n) is 9.44. The molecule has 3 rings (SSSR count). The average Bonchev–Trinajstić information content (AvgIpc) is 2.73. The summed E-state index contributed by atoms with van der Waals surface area (Å²) >= 11 is 5.62. The number of hydrogen-bond acceptors (Lipinski definition) is 4. The van der Waals surface area contributed by atoms with Gasteiger partial charge in [-0.1, -0.05) is 23.7 Å². The van der Waals surface area contributed by atoms with Crippen LogP contribution in [0.2, 0.25) is 5.02 Å². The smallest absolute Gasteiger partial charge is 0.417 e. The van der Waals surface area contributed by atoms with Crippen molar-refractivity contribution < 1.29 is 27.4 Å². The number of rotatable bonds is 7. The first kappa shape index (κ1) is 23.2. The fourth-order valence-corrected chi connectivity index (χ4v) is 3.00. The van der Waals surface area contributed by atoms with E-state index in [0.717, 1.165) is 0 Å². The lowest BCUT2D eigenvalue weighted by atomic mass is 10.2. The molecule has 0 aliphatic carbocycles. The molecule has 0 bridgehead atoms. The maximum absolute atomic E-state index is 13.0. The maximum atomic E-state index is 13.0. The van der Waals surface area contributed by atoms with Gasteiger partial charge in [0.1, 0.15) is 23.1 Å². The fourth-order valence-electron chi connectivity index (χ4n) is 2.77. The van der Waals surface area contributed by atoms with Crippen molar-refractivity contribution in [2.45, 2.75) is 19.6 Å². The van der Waals surface area contributed by atoms with Crippen LogP contribution in [0.5, 0.6) is 17.2 Å². The summed E-state index contributed by atoms with van der Waals surface area (Å²) in [7, 11) is 0. The van der Waals surface area contributed by atoms with Crippen LogP contribution in [-0.4, -0.2) is 17.1 Å². The van der Waals surface area contributed by atoms with Gasteiger partial charge in [0.25, 0.3) is 5.56 Å². The number of aromatic nitrogens is 1. The summed E-state index contributed by atoms with van der Waals surface area (Å²) in [6.07, 6.45) is -4.16. The lowest BCUT2D eigenvalue weighted by Gasteiger charge is -2.14. The van der Waals surface area contributed by atoms with Crippen molar-refractivity contribution >= 4 is 23.2 Å². The highest BCUT2D eigenvalue weighted by Gasteiger charge is 2.32. The van der Waals surface area contributed by atoms with Gasteiger partial charge < -0.3 is 19.4 Å². The molecule has 1 N–H and O–H groups in total. The molecule has 0 saturated carbocycles. The zero-order valence-corrected chi connectivity index (χ0v) is 17.5. The molecule has 0 radical (unpaired) electrons. The second kappa shape index (κ2) is 9.78. The summed E-state index contributed by atoms with van der Waals surface area (Å²) in [5.74, 6) is 0.729. The number of anilines is 1. The quantitative estimate of drug-likeness (QED) is 0.509. The van der Waals surface area contributed by atoms with E-state index in [4.69, 9.17) is 21.1 Å². The normalized spacial score (nSPS) is 11.2. The Kier molecular flexibility index (Phi) is 7.09. The monoisotopic (exact) mass is 466 g/mol. The number of halogens is 4. The van der Waals surface area contributed by atoms with E-state index in [1.54, 1.807) is 48.5 Å². The minimum atomic E-state index is -4.71. The Labute approximate surface area is 186 Å². The first-order valence-corrected chi connectivity index (χ1v) is 9.82. The van der Waals surface area contributed by atoms with E-state index in [2.05, 4.69) is 5.32 Å². The summed E-state index contributed by atoms with van der Waals surface area (Å²) in [5.41, 5.74) is -1.76. The molecular weight excluding hydrogens is 449 g/mol. The van der Waals surface area contributed by atoms with Crippen LogP contribution in [0.15, 0.2) is 65.6 Å². The summed E-state index contributed by atoms with van der Waals surface area (Å²) in [4.78, 5) is 24.5. The number of carbonyl (C=O) groups excluding carboxylic acids is 1. The first-order chi connectivity index (χ1) is 15.2. The highest BCUT2D eigenvalue weighted by Crippen LogP contribution is 2.31. The average molecular weight is 467 g/mol. The number of ether oxygens (including phenoxy) is 2. The van der Waals surface area contributed by atoms with Crippen LogP contribution in [0.4, 0.5) is 18.9 Å². The number of hydrogen-bond donors (Lipinski definition) is 1. The summed E-state index contributed by atoms with van der Waals surface area (Å²) in [6, 6.07) is 13.9. The molecule has 10 heteroatoms. The molecule has 0 aliphatic rings. The Morgan fingerprint density at radius 3 is 2.41 bits per heavy atom. The maximum Gasteiger partial charge on any atom is 0.417 e. The number of para-hydroxylation sites is 2. The van der Waals surface area contributed by atoms with Crippen molar-refractivity contribution in [3.63, 3.8) is 0 Å². The number of nitrogens with zero attached hydrogens (tertiary/aromatic N) is 1. The summed E-state index contributed by atoms with van der Waals surface area (Å²) < 4.78 is 50.7. The number of carbonyl (C=O) groups is 1. The van der Waals surface area contributed by atoms with Gasteiger partial charge in [-0.25, -0.2) is 0 Å². The molecule has 0 aliphatic heterocycles. The van der Waals surface area contributed by atoms with Gasteiger partial charge in [-0.2, -0.15) is 13.2 Å². The van der Waals surface area contributed by atoms with E-state index in [9.17, 15) is 22.8 Å². The lowest BCUT2D eigenvalue weighted by molar-refractivity contribution is -0.138. The zero-order valence-electron chi connectivity index (χ0n) is 16.8. The third-order valence-corrected chi connectivity index (χ3v) is 4.48. The Morgan fingerprint density at radius 2 is 1.75 bits per heavy atom. The van der Waals surface area contributed by atoms with Crippen LogP contribution in [0.25, 0.3) is 0 Å². The molecule has 32 heavy (non-hydrogen) atoms. The van der Waals surface area contributed by atoms with E-state index in [-0.39, 0.29) is 5.69 Å². The summed E-state index contributed by atoms with van der Waals surface area (Å²) in [6.45, 7) is 1.72. The number of amides is 1. The van der Waals surface area contributed by atoms with Gasteiger partial charge in [-0.15, -0.1) is 0 Å². The van der Waals surface area contributed by atoms with E-state index < -0.39 is 34.8 Å². The topological polar surface area (TPSA) is 69.6 Å². The molecule has 1 heterocycles. The molecule has 0 fully saturated rings. The van der Waals surface area contributed by atoms with Crippen LogP contribution in [0.1, 0.15) is 12.5 Å². The highest BCUT2D eigenvalue weighted by molar-refractivity contribution is 6.30. The van der Waals surface area contributed by atoms with Gasteiger partial charge in [0.15, 0.2) is 5.75 Å². The predicted molar refractivity (Wildman–Crippen MR) is 113 cm³/mol. The van der Waals surface area contributed by atoms with Crippen molar-refractivity contribution in [1.82, 2.24) is 4.57 Å². The van der Waals surface area contributed by atoms with Gasteiger partial charge in [0.2, 0.25) is 5.91 Å². The molecule has 2 aromatic carbocycles. The highest BCUT2D eigenvalue weighted by atomic mass is 35.5. The van der Waals surface area contributed by atoms with Crippen molar-refractivity contribution in [3.8, 4) is 17.2 Å². The van der Waals surface area contributed by atoms with Crippen molar-refractivity contribution in [2.24, 2.45) is 0 Å². The molecule has 0 spiro atoms. The van der Waals surface area contributed by atoms with Crippen LogP contribution in [-0.2, 0) is 17.5 Å². The molecule has 3 aromatic rings. The van der Waals surface area contributed by atoms with Gasteiger partial charge >= 0.3 is 6.18 Å². The van der Waals surface area contributed by atoms with E-state index in [0.29, 0.717) is 40.7 Å². The zero-order chi connectivity index (χ0) is 23.3.